The Hall–Kier alpha value is -3.49. The lowest BCUT2D eigenvalue weighted by atomic mass is 10.2. The normalized spacial score (nSPS) is 10.5. The van der Waals surface area contributed by atoms with Gasteiger partial charge >= 0.3 is 0 Å². The summed E-state index contributed by atoms with van der Waals surface area (Å²) in [4.78, 5) is 26.7. The van der Waals surface area contributed by atoms with E-state index in [-0.39, 0.29) is 22.8 Å². The van der Waals surface area contributed by atoms with Crippen molar-refractivity contribution in [2.24, 2.45) is 0 Å². The number of nitrogens with zero attached hydrogens (tertiary/aromatic N) is 4. The minimum absolute atomic E-state index is 0.147. The maximum atomic E-state index is 12.2. The summed E-state index contributed by atoms with van der Waals surface area (Å²) in [5, 5.41) is 17.6. The third kappa shape index (κ3) is 2.93. The number of non-ortho nitro benzene ring substituents is 1. The third-order valence-electron chi connectivity index (χ3n) is 3.06. The standard InChI is InChI=1S/C14H11N5O4/c1-23-11-6-9(5-10(7-11)19(21)22)16-14(20)12-8-13-15-3-2-4-18(13)17-12/h2-8H,1H3,(H,16,20). The molecule has 0 saturated heterocycles. The smallest absolute Gasteiger partial charge is 0.276 e. The molecule has 3 rings (SSSR count). The highest BCUT2D eigenvalue weighted by molar-refractivity contribution is 6.03. The van der Waals surface area contributed by atoms with Crippen LogP contribution in [-0.2, 0) is 0 Å². The minimum Gasteiger partial charge on any atom is -0.496 e. The summed E-state index contributed by atoms with van der Waals surface area (Å²) in [5.74, 6) is -0.232. The van der Waals surface area contributed by atoms with Crippen molar-refractivity contribution in [2.45, 2.75) is 0 Å². The van der Waals surface area contributed by atoms with Gasteiger partial charge in [0, 0.05) is 30.6 Å². The second-order valence-electron chi connectivity index (χ2n) is 4.58. The van der Waals surface area contributed by atoms with Gasteiger partial charge in [0.2, 0.25) is 0 Å². The largest absolute Gasteiger partial charge is 0.496 e. The fourth-order valence-electron chi connectivity index (χ4n) is 2.01. The zero-order valence-corrected chi connectivity index (χ0v) is 12.0. The highest BCUT2D eigenvalue weighted by atomic mass is 16.6. The second-order valence-corrected chi connectivity index (χ2v) is 4.58. The number of nitrogens with one attached hydrogen (secondary N) is 1. The van der Waals surface area contributed by atoms with Crippen molar-refractivity contribution in [1.29, 1.82) is 0 Å². The minimum atomic E-state index is -0.562. The molecule has 0 spiro atoms. The van der Waals surface area contributed by atoms with E-state index in [1.807, 2.05) is 0 Å². The molecule has 116 valence electrons. The summed E-state index contributed by atoms with van der Waals surface area (Å²) < 4.78 is 6.46. The Labute approximate surface area is 129 Å². The fourth-order valence-corrected chi connectivity index (χ4v) is 2.01. The van der Waals surface area contributed by atoms with E-state index in [0.717, 1.165) is 0 Å². The van der Waals surface area contributed by atoms with Gasteiger partial charge in [0.25, 0.3) is 11.6 Å². The van der Waals surface area contributed by atoms with E-state index in [2.05, 4.69) is 15.4 Å². The summed E-state index contributed by atoms with van der Waals surface area (Å²) in [7, 11) is 1.39. The van der Waals surface area contributed by atoms with Crippen molar-refractivity contribution >= 4 is 22.9 Å². The van der Waals surface area contributed by atoms with E-state index in [1.54, 1.807) is 18.5 Å². The van der Waals surface area contributed by atoms with Crippen molar-refractivity contribution < 1.29 is 14.5 Å². The summed E-state index contributed by atoms with van der Waals surface area (Å²) in [5.41, 5.74) is 0.728. The van der Waals surface area contributed by atoms with Crippen molar-refractivity contribution in [3.8, 4) is 5.75 Å². The van der Waals surface area contributed by atoms with Gasteiger partial charge in [-0.25, -0.2) is 9.50 Å². The molecule has 0 aliphatic carbocycles. The van der Waals surface area contributed by atoms with Crippen LogP contribution in [0.1, 0.15) is 10.5 Å². The van der Waals surface area contributed by atoms with Crippen LogP contribution in [0.15, 0.2) is 42.7 Å². The molecular weight excluding hydrogens is 302 g/mol. The van der Waals surface area contributed by atoms with Crippen LogP contribution in [0.4, 0.5) is 11.4 Å². The van der Waals surface area contributed by atoms with Crippen LogP contribution in [0, 0.1) is 10.1 Å². The average Bonchev–Trinajstić information content (AvgIpc) is 2.98. The van der Waals surface area contributed by atoms with Crippen molar-refractivity contribution in [1.82, 2.24) is 14.6 Å². The molecule has 23 heavy (non-hydrogen) atoms. The number of hydrogen-bond acceptors (Lipinski definition) is 6. The molecule has 9 heteroatoms. The Kier molecular flexibility index (Phi) is 3.59. The topological polar surface area (TPSA) is 112 Å². The first-order valence-corrected chi connectivity index (χ1v) is 6.52. The maximum Gasteiger partial charge on any atom is 0.276 e. The highest BCUT2D eigenvalue weighted by Crippen LogP contribution is 2.26. The molecule has 1 aromatic carbocycles. The van der Waals surface area contributed by atoms with Crippen LogP contribution in [0.5, 0.6) is 5.75 Å². The van der Waals surface area contributed by atoms with Gasteiger partial charge in [-0.1, -0.05) is 0 Å². The number of nitro benzene ring substituents is 1. The number of methoxy groups -OCH3 is 1. The lowest BCUT2D eigenvalue weighted by molar-refractivity contribution is -0.384. The van der Waals surface area contributed by atoms with Crippen molar-refractivity contribution in [3.63, 3.8) is 0 Å². The summed E-state index contributed by atoms with van der Waals surface area (Å²) >= 11 is 0. The molecule has 0 atom stereocenters. The van der Waals surface area contributed by atoms with Gasteiger partial charge in [-0.2, -0.15) is 5.10 Å². The van der Waals surface area contributed by atoms with Gasteiger partial charge in [-0.15, -0.1) is 0 Å². The molecule has 2 heterocycles. The first-order valence-electron chi connectivity index (χ1n) is 6.52. The van der Waals surface area contributed by atoms with E-state index >= 15 is 0 Å². The van der Waals surface area contributed by atoms with E-state index < -0.39 is 10.8 Å². The Morgan fingerprint density at radius 1 is 1.35 bits per heavy atom. The van der Waals surface area contributed by atoms with Crippen LogP contribution >= 0.6 is 0 Å². The van der Waals surface area contributed by atoms with Crippen LogP contribution in [0.2, 0.25) is 0 Å². The number of benzene rings is 1. The molecule has 0 aliphatic heterocycles. The number of amides is 1. The van der Waals surface area contributed by atoms with Crippen LogP contribution in [0.3, 0.4) is 0 Å². The molecule has 1 amide bonds. The number of hydrogen-bond donors (Lipinski definition) is 1. The quantitative estimate of drug-likeness (QED) is 0.581. The molecule has 0 bridgehead atoms. The van der Waals surface area contributed by atoms with Gasteiger partial charge in [0.05, 0.1) is 23.8 Å². The molecule has 0 aliphatic rings. The lowest BCUT2D eigenvalue weighted by Gasteiger charge is -2.06. The first-order chi connectivity index (χ1) is 11.1. The molecule has 2 aromatic heterocycles. The molecule has 0 unspecified atom stereocenters. The molecule has 9 nitrogen and oxygen atoms in total. The Morgan fingerprint density at radius 2 is 2.17 bits per heavy atom. The van der Waals surface area contributed by atoms with Crippen LogP contribution < -0.4 is 10.1 Å². The van der Waals surface area contributed by atoms with Gasteiger partial charge in [-0.3, -0.25) is 14.9 Å². The van der Waals surface area contributed by atoms with E-state index in [1.165, 1.54) is 35.9 Å². The summed E-state index contributed by atoms with van der Waals surface area (Å²) in [6.45, 7) is 0. The SMILES string of the molecule is COc1cc(NC(=O)c2cc3ncccn3n2)cc([N+](=O)[O-])c1. The van der Waals surface area contributed by atoms with Gasteiger partial charge in [0.1, 0.15) is 5.75 Å². The number of aromatic nitrogens is 3. The van der Waals surface area contributed by atoms with E-state index in [0.29, 0.717) is 5.65 Å². The average molecular weight is 313 g/mol. The number of carbonyl (C=O) groups is 1. The zero-order valence-electron chi connectivity index (χ0n) is 12.0. The Bertz CT molecular complexity index is 872. The summed E-state index contributed by atoms with van der Waals surface area (Å²) in [6, 6.07) is 7.20. The lowest BCUT2D eigenvalue weighted by Crippen LogP contribution is -2.13. The van der Waals surface area contributed by atoms with Crippen molar-refractivity contribution in [3.05, 3.63) is 58.5 Å². The van der Waals surface area contributed by atoms with Gasteiger partial charge in [0.15, 0.2) is 11.3 Å². The highest BCUT2D eigenvalue weighted by Gasteiger charge is 2.15. The monoisotopic (exact) mass is 313 g/mol. The number of fused-ring (bicyclic) bond motifs is 1. The van der Waals surface area contributed by atoms with Crippen molar-refractivity contribution in [2.75, 3.05) is 12.4 Å². The molecule has 3 aromatic rings. The van der Waals surface area contributed by atoms with Crippen LogP contribution in [-0.4, -0.2) is 32.5 Å². The molecule has 0 saturated carbocycles. The van der Waals surface area contributed by atoms with Crippen LogP contribution in [0.25, 0.3) is 5.65 Å². The number of nitro groups is 1. The molecule has 1 N–H and O–H groups in total. The number of rotatable bonds is 4. The Morgan fingerprint density at radius 3 is 2.87 bits per heavy atom. The van der Waals surface area contributed by atoms with Gasteiger partial charge in [-0.05, 0) is 6.07 Å². The zero-order chi connectivity index (χ0) is 16.4. The summed E-state index contributed by atoms with van der Waals surface area (Å²) in [6.07, 6.45) is 3.25. The molecule has 0 radical (unpaired) electrons. The number of carbonyl (C=O) groups excluding carboxylic acids is 1. The predicted octanol–water partition coefficient (Wildman–Crippen LogP) is 1.90. The third-order valence-corrected chi connectivity index (χ3v) is 3.06. The molecule has 0 fully saturated rings. The van der Waals surface area contributed by atoms with Gasteiger partial charge < -0.3 is 10.1 Å². The molecular formula is C14H11N5O4. The predicted molar refractivity (Wildman–Crippen MR) is 80.6 cm³/mol. The first kappa shape index (κ1) is 14.4. The number of ether oxygens (including phenoxy) is 1. The fraction of sp³-hybridized carbons (Fsp3) is 0.0714. The van der Waals surface area contributed by atoms with E-state index in [4.69, 9.17) is 4.74 Å². The van der Waals surface area contributed by atoms with E-state index in [9.17, 15) is 14.9 Å². The number of anilines is 1. The maximum absolute atomic E-state index is 12.2. The second kappa shape index (κ2) is 5.72. The Balaban J connectivity index is 1.90.